The summed E-state index contributed by atoms with van der Waals surface area (Å²) in [6.45, 7) is 2.01. The fourth-order valence-electron chi connectivity index (χ4n) is 2.92. The van der Waals surface area contributed by atoms with Crippen molar-refractivity contribution in [2.24, 2.45) is 0 Å². The number of nitrogens with one attached hydrogen (secondary N) is 2. The van der Waals surface area contributed by atoms with Gasteiger partial charge in [-0.1, -0.05) is 6.07 Å². The third-order valence-corrected chi connectivity index (χ3v) is 4.32. The van der Waals surface area contributed by atoms with E-state index in [1.165, 1.54) is 12.3 Å². The van der Waals surface area contributed by atoms with Gasteiger partial charge in [0.15, 0.2) is 0 Å². The number of benzene rings is 1. The fraction of sp³-hybridized carbons (Fsp3) is 0.300. The van der Waals surface area contributed by atoms with Gasteiger partial charge in [0.25, 0.3) is 5.91 Å². The molecule has 1 aliphatic rings. The first kappa shape index (κ1) is 20.1. The maximum atomic E-state index is 12.4. The van der Waals surface area contributed by atoms with Crippen LogP contribution in [0.15, 0.2) is 47.1 Å². The minimum atomic E-state index is -0.769. The van der Waals surface area contributed by atoms with Crippen molar-refractivity contribution in [3.05, 3.63) is 54.0 Å². The molecular weight excluding hydrogens is 378 g/mol. The number of amides is 4. The molecule has 0 spiro atoms. The van der Waals surface area contributed by atoms with Gasteiger partial charge >= 0.3 is 12.0 Å². The first-order valence-corrected chi connectivity index (χ1v) is 9.19. The standard InChI is InChI=1S/C20H21N3O6/c1-2-28-19(26)13-5-3-6-14(11-13)21-17(24)9-8-16-18(25)23(20(27)22-16)12-15-7-4-10-29-15/h3-7,10-11,16H,2,8-9,12H2,1H3,(H,21,24)(H,22,27)/t16-/m1/s1. The number of rotatable bonds is 8. The van der Waals surface area contributed by atoms with Crippen LogP contribution in [-0.2, 0) is 20.9 Å². The summed E-state index contributed by atoms with van der Waals surface area (Å²) in [5, 5.41) is 5.26. The Labute approximate surface area is 167 Å². The molecule has 2 heterocycles. The molecule has 2 aromatic rings. The minimum Gasteiger partial charge on any atom is -0.467 e. The molecule has 1 aromatic heterocycles. The molecule has 9 nitrogen and oxygen atoms in total. The molecule has 1 aromatic carbocycles. The van der Waals surface area contributed by atoms with Gasteiger partial charge in [0.1, 0.15) is 11.8 Å². The molecule has 0 unspecified atom stereocenters. The van der Waals surface area contributed by atoms with Crippen LogP contribution in [0.3, 0.4) is 0 Å². The Kier molecular flexibility index (Phi) is 6.28. The molecule has 3 rings (SSSR count). The number of imide groups is 1. The van der Waals surface area contributed by atoms with Crippen molar-refractivity contribution in [3.63, 3.8) is 0 Å². The lowest BCUT2D eigenvalue weighted by Gasteiger charge is -2.11. The number of anilines is 1. The van der Waals surface area contributed by atoms with Crippen LogP contribution in [0.1, 0.15) is 35.9 Å². The second kappa shape index (κ2) is 9.05. The monoisotopic (exact) mass is 399 g/mol. The van der Waals surface area contributed by atoms with Crippen LogP contribution in [0.4, 0.5) is 10.5 Å². The predicted molar refractivity (Wildman–Crippen MR) is 102 cm³/mol. The highest BCUT2D eigenvalue weighted by molar-refractivity contribution is 6.04. The molecule has 1 aliphatic heterocycles. The van der Waals surface area contributed by atoms with E-state index in [-0.39, 0.29) is 31.9 Å². The molecule has 9 heteroatoms. The van der Waals surface area contributed by atoms with E-state index in [0.29, 0.717) is 17.0 Å². The Morgan fingerprint density at radius 2 is 2.07 bits per heavy atom. The minimum absolute atomic E-state index is 0.0227. The van der Waals surface area contributed by atoms with E-state index in [1.54, 1.807) is 37.3 Å². The molecule has 152 valence electrons. The summed E-state index contributed by atoms with van der Waals surface area (Å²) in [6.07, 6.45) is 1.64. The van der Waals surface area contributed by atoms with Gasteiger partial charge in [-0.25, -0.2) is 9.59 Å². The first-order valence-electron chi connectivity index (χ1n) is 9.19. The lowest BCUT2D eigenvalue weighted by Crippen LogP contribution is -2.31. The molecular formula is C20H21N3O6. The molecule has 0 saturated carbocycles. The van der Waals surface area contributed by atoms with Gasteiger partial charge in [-0.3, -0.25) is 14.5 Å². The van der Waals surface area contributed by atoms with Crippen molar-refractivity contribution in [2.75, 3.05) is 11.9 Å². The number of nitrogens with zero attached hydrogens (tertiary/aromatic N) is 1. The van der Waals surface area contributed by atoms with Crippen molar-refractivity contribution in [1.29, 1.82) is 0 Å². The molecule has 2 N–H and O–H groups in total. The number of carbonyl (C=O) groups excluding carboxylic acids is 4. The number of furan rings is 1. The SMILES string of the molecule is CCOC(=O)c1cccc(NC(=O)CC[C@H]2NC(=O)N(Cc3ccco3)C2=O)c1. The van der Waals surface area contributed by atoms with Gasteiger partial charge in [-0.2, -0.15) is 0 Å². The largest absolute Gasteiger partial charge is 0.467 e. The maximum absolute atomic E-state index is 12.4. The molecule has 1 saturated heterocycles. The van der Waals surface area contributed by atoms with Gasteiger partial charge in [0, 0.05) is 12.1 Å². The van der Waals surface area contributed by atoms with Gasteiger partial charge in [-0.05, 0) is 43.7 Å². The number of carbonyl (C=O) groups is 4. The lowest BCUT2D eigenvalue weighted by atomic mass is 10.1. The van der Waals surface area contributed by atoms with Crippen molar-refractivity contribution < 1.29 is 28.3 Å². The Morgan fingerprint density at radius 3 is 2.79 bits per heavy atom. The summed E-state index contributed by atoms with van der Waals surface area (Å²) in [6, 6.07) is 8.45. The van der Waals surface area contributed by atoms with Crippen LogP contribution >= 0.6 is 0 Å². The zero-order chi connectivity index (χ0) is 20.8. The number of hydrogen-bond donors (Lipinski definition) is 2. The van der Waals surface area contributed by atoms with Crippen LogP contribution < -0.4 is 10.6 Å². The number of esters is 1. The number of hydrogen-bond acceptors (Lipinski definition) is 6. The summed E-state index contributed by atoms with van der Waals surface area (Å²) >= 11 is 0. The quantitative estimate of drug-likeness (QED) is 0.519. The second-order valence-corrected chi connectivity index (χ2v) is 6.39. The van der Waals surface area contributed by atoms with Gasteiger partial charge in [0.2, 0.25) is 5.91 Å². The average Bonchev–Trinajstić information content (AvgIpc) is 3.31. The zero-order valence-electron chi connectivity index (χ0n) is 15.8. The van der Waals surface area contributed by atoms with Crippen LogP contribution in [0.5, 0.6) is 0 Å². The normalized spacial score (nSPS) is 15.9. The van der Waals surface area contributed by atoms with E-state index in [4.69, 9.17) is 9.15 Å². The highest BCUT2D eigenvalue weighted by atomic mass is 16.5. The molecule has 0 bridgehead atoms. The molecule has 0 aliphatic carbocycles. The zero-order valence-corrected chi connectivity index (χ0v) is 15.8. The van der Waals surface area contributed by atoms with Crippen LogP contribution in [-0.4, -0.2) is 41.4 Å². The number of ether oxygens (including phenoxy) is 1. The van der Waals surface area contributed by atoms with E-state index in [1.807, 2.05) is 0 Å². The molecule has 1 fully saturated rings. The molecule has 1 atom stereocenters. The highest BCUT2D eigenvalue weighted by Gasteiger charge is 2.38. The van der Waals surface area contributed by atoms with Gasteiger partial charge in [-0.15, -0.1) is 0 Å². The number of urea groups is 1. The third kappa shape index (κ3) is 5.01. The Balaban J connectivity index is 1.52. The van der Waals surface area contributed by atoms with Gasteiger partial charge < -0.3 is 19.8 Å². The Bertz CT molecular complexity index is 909. The first-order chi connectivity index (χ1) is 14.0. The van der Waals surface area contributed by atoms with Crippen molar-refractivity contribution in [2.45, 2.75) is 32.4 Å². The van der Waals surface area contributed by atoms with E-state index in [2.05, 4.69) is 10.6 Å². The van der Waals surface area contributed by atoms with Crippen LogP contribution in [0, 0.1) is 0 Å². The predicted octanol–water partition coefficient (Wildman–Crippen LogP) is 2.30. The summed E-state index contributed by atoms with van der Waals surface area (Å²) in [4.78, 5) is 49.5. The van der Waals surface area contributed by atoms with Crippen molar-refractivity contribution >= 4 is 29.5 Å². The summed E-state index contributed by atoms with van der Waals surface area (Å²) in [5.74, 6) is -0.714. The molecule has 4 amide bonds. The van der Waals surface area contributed by atoms with E-state index in [9.17, 15) is 19.2 Å². The fourth-order valence-corrected chi connectivity index (χ4v) is 2.92. The summed E-state index contributed by atoms with van der Waals surface area (Å²) < 4.78 is 10.1. The van der Waals surface area contributed by atoms with Gasteiger partial charge in [0.05, 0.1) is 25.0 Å². The molecule has 29 heavy (non-hydrogen) atoms. The molecule has 0 radical (unpaired) electrons. The highest BCUT2D eigenvalue weighted by Crippen LogP contribution is 2.17. The topological polar surface area (TPSA) is 118 Å². The smallest absolute Gasteiger partial charge is 0.338 e. The maximum Gasteiger partial charge on any atom is 0.338 e. The Hall–Kier alpha value is -3.62. The third-order valence-electron chi connectivity index (χ3n) is 4.32. The van der Waals surface area contributed by atoms with Crippen LogP contribution in [0.2, 0.25) is 0 Å². The second-order valence-electron chi connectivity index (χ2n) is 6.39. The van der Waals surface area contributed by atoms with E-state index >= 15 is 0 Å². The van der Waals surface area contributed by atoms with Crippen molar-refractivity contribution in [1.82, 2.24) is 10.2 Å². The summed E-state index contributed by atoms with van der Waals surface area (Å²) in [7, 11) is 0. The van der Waals surface area contributed by atoms with Crippen molar-refractivity contribution in [3.8, 4) is 0 Å². The van der Waals surface area contributed by atoms with Crippen LogP contribution in [0.25, 0.3) is 0 Å². The summed E-state index contributed by atoms with van der Waals surface area (Å²) in [5.41, 5.74) is 0.776. The average molecular weight is 399 g/mol. The lowest BCUT2D eigenvalue weighted by molar-refractivity contribution is -0.128. The van der Waals surface area contributed by atoms with E-state index < -0.39 is 23.9 Å². The van der Waals surface area contributed by atoms with E-state index in [0.717, 1.165) is 4.90 Å². The Morgan fingerprint density at radius 1 is 1.24 bits per heavy atom.